The predicted octanol–water partition coefficient (Wildman–Crippen LogP) is 0.580. The van der Waals surface area contributed by atoms with Gasteiger partial charge in [-0.1, -0.05) is 0 Å². The fraction of sp³-hybridized carbons (Fsp3) is 0.625. The van der Waals surface area contributed by atoms with Crippen LogP contribution in [-0.2, 0) is 14.6 Å². The standard InChI is InChI=1S/C8H15N3O2S/c1-5-6(10-11-7(5)9)8(2,3)14(4,12)13/h1-4H3,(H3,9,10,11). The summed E-state index contributed by atoms with van der Waals surface area (Å²) in [5, 5.41) is 6.45. The molecule has 1 aromatic heterocycles. The van der Waals surface area contributed by atoms with Gasteiger partial charge in [0.1, 0.15) is 10.6 Å². The Bertz CT molecular complexity index is 445. The van der Waals surface area contributed by atoms with Crippen molar-refractivity contribution in [2.24, 2.45) is 0 Å². The van der Waals surface area contributed by atoms with Gasteiger partial charge in [0.25, 0.3) is 0 Å². The molecule has 0 aromatic carbocycles. The zero-order chi connectivity index (χ0) is 11.1. The Morgan fingerprint density at radius 3 is 2.21 bits per heavy atom. The third-order valence-corrected chi connectivity index (χ3v) is 4.63. The second-order valence-corrected chi connectivity index (χ2v) is 6.46. The van der Waals surface area contributed by atoms with Crippen LogP contribution < -0.4 is 5.73 Å². The number of nitrogens with one attached hydrogen (secondary N) is 1. The summed E-state index contributed by atoms with van der Waals surface area (Å²) in [5.41, 5.74) is 6.79. The second-order valence-electron chi connectivity index (χ2n) is 3.89. The van der Waals surface area contributed by atoms with Crippen LogP contribution in [0.1, 0.15) is 25.1 Å². The van der Waals surface area contributed by atoms with E-state index in [4.69, 9.17) is 5.73 Å². The number of nitrogens with two attached hydrogens (primary N) is 1. The van der Waals surface area contributed by atoms with Gasteiger partial charge < -0.3 is 5.73 Å². The number of anilines is 1. The molecule has 0 atom stereocenters. The summed E-state index contributed by atoms with van der Waals surface area (Å²) in [4.78, 5) is 0. The summed E-state index contributed by atoms with van der Waals surface area (Å²) in [6.07, 6.45) is 1.20. The number of rotatable bonds is 2. The van der Waals surface area contributed by atoms with E-state index in [1.807, 2.05) is 0 Å². The molecule has 0 radical (unpaired) electrons. The lowest BCUT2D eigenvalue weighted by molar-refractivity contribution is 0.555. The van der Waals surface area contributed by atoms with E-state index < -0.39 is 14.6 Å². The van der Waals surface area contributed by atoms with E-state index in [1.54, 1.807) is 20.8 Å². The largest absolute Gasteiger partial charge is 0.382 e. The Labute approximate surface area is 83.6 Å². The molecule has 1 aromatic rings. The molecule has 80 valence electrons. The first kappa shape index (κ1) is 11.0. The number of sulfone groups is 1. The monoisotopic (exact) mass is 217 g/mol. The van der Waals surface area contributed by atoms with Gasteiger partial charge in [-0.3, -0.25) is 5.10 Å². The van der Waals surface area contributed by atoms with Crippen molar-refractivity contribution in [1.29, 1.82) is 0 Å². The fourth-order valence-electron chi connectivity index (χ4n) is 1.18. The van der Waals surface area contributed by atoms with E-state index >= 15 is 0 Å². The number of hydrogen-bond donors (Lipinski definition) is 2. The maximum absolute atomic E-state index is 11.5. The minimum absolute atomic E-state index is 0.344. The van der Waals surface area contributed by atoms with Crippen molar-refractivity contribution in [1.82, 2.24) is 10.2 Å². The van der Waals surface area contributed by atoms with Crippen LogP contribution in [0.2, 0.25) is 0 Å². The van der Waals surface area contributed by atoms with Crippen molar-refractivity contribution < 1.29 is 8.42 Å². The fourth-order valence-corrected chi connectivity index (χ4v) is 1.75. The van der Waals surface area contributed by atoms with Gasteiger partial charge in [0.15, 0.2) is 9.84 Å². The number of H-pyrrole nitrogens is 1. The molecule has 0 saturated heterocycles. The summed E-state index contributed by atoms with van der Waals surface area (Å²) in [5.74, 6) is 0.344. The topological polar surface area (TPSA) is 88.8 Å². The van der Waals surface area contributed by atoms with Crippen LogP contribution >= 0.6 is 0 Å². The van der Waals surface area contributed by atoms with Crippen molar-refractivity contribution in [2.45, 2.75) is 25.5 Å². The average molecular weight is 217 g/mol. The molecule has 0 saturated carbocycles. The van der Waals surface area contributed by atoms with E-state index in [0.717, 1.165) is 0 Å². The molecule has 0 aliphatic carbocycles. The number of nitrogen functional groups attached to an aromatic ring is 1. The molecule has 1 heterocycles. The molecule has 0 unspecified atom stereocenters. The quantitative estimate of drug-likeness (QED) is 0.758. The van der Waals surface area contributed by atoms with Crippen LogP contribution in [0, 0.1) is 6.92 Å². The zero-order valence-electron chi connectivity index (χ0n) is 8.75. The SMILES string of the molecule is Cc1c(N)n[nH]c1C(C)(C)S(C)(=O)=O. The highest BCUT2D eigenvalue weighted by atomic mass is 32.2. The highest BCUT2D eigenvalue weighted by Crippen LogP contribution is 2.31. The minimum Gasteiger partial charge on any atom is -0.382 e. The third-order valence-electron chi connectivity index (χ3n) is 2.58. The van der Waals surface area contributed by atoms with Crippen LogP contribution in [0.4, 0.5) is 5.82 Å². The van der Waals surface area contributed by atoms with E-state index in [-0.39, 0.29) is 0 Å². The summed E-state index contributed by atoms with van der Waals surface area (Å²) in [6, 6.07) is 0. The van der Waals surface area contributed by atoms with Crippen LogP contribution in [0.15, 0.2) is 0 Å². The van der Waals surface area contributed by atoms with Gasteiger partial charge in [-0.05, 0) is 20.8 Å². The maximum Gasteiger partial charge on any atom is 0.158 e. The third kappa shape index (κ3) is 1.50. The normalized spacial score (nSPS) is 13.1. The van der Waals surface area contributed by atoms with Gasteiger partial charge >= 0.3 is 0 Å². The molecule has 5 nitrogen and oxygen atoms in total. The Balaban J connectivity index is 3.38. The molecule has 3 N–H and O–H groups in total. The summed E-state index contributed by atoms with van der Waals surface area (Å²) in [7, 11) is -3.19. The lowest BCUT2D eigenvalue weighted by Gasteiger charge is -2.21. The zero-order valence-corrected chi connectivity index (χ0v) is 9.57. The van der Waals surface area contributed by atoms with Crippen LogP contribution in [0.25, 0.3) is 0 Å². The van der Waals surface area contributed by atoms with Crippen LogP contribution in [0.5, 0.6) is 0 Å². The lowest BCUT2D eigenvalue weighted by Crippen LogP contribution is -2.29. The number of hydrogen-bond acceptors (Lipinski definition) is 4. The molecular formula is C8H15N3O2S. The molecule has 0 aliphatic heterocycles. The Morgan fingerprint density at radius 1 is 1.43 bits per heavy atom. The van der Waals surface area contributed by atoms with Gasteiger partial charge in [-0.2, -0.15) is 5.10 Å². The van der Waals surface area contributed by atoms with E-state index in [2.05, 4.69) is 10.2 Å². The maximum atomic E-state index is 11.5. The summed E-state index contributed by atoms with van der Waals surface area (Å²) < 4.78 is 22.1. The van der Waals surface area contributed by atoms with Gasteiger partial charge in [0, 0.05) is 11.8 Å². The Morgan fingerprint density at radius 2 is 1.93 bits per heavy atom. The number of aromatic nitrogens is 2. The molecule has 6 heteroatoms. The molecule has 0 bridgehead atoms. The number of aromatic amines is 1. The minimum atomic E-state index is -3.19. The van der Waals surface area contributed by atoms with Gasteiger partial charge in [-0.15, -0.1) is 0 Å². The van der Waals surface area contributed by atoms with E-state index in [0.29, 0.717) is 17.1 Å². The predicted molar refractivity (Wildman–Crippen MR) is 55.6 cm³/mol. The van der Waals surface area contributed by atoms with Crippen molar-refractivity contribution >= 4 is 15.7 Å². The first-order chi connectivity index (χ1) is 6.18. The average Bonchev–Trinajstić information content (AvgIpc) is 2.30. The van der Waals surface area contributed by atoms with Gasteiger partial charge in [0.05, 0.1) is 5.69 Å². The smallest absolute Gasteiger partial charge is 0.158 e. The lowest BCUT2D eigenvalue weighted by atomic mass is 10.1. The Hall–Kier alpha value is -1.04. The summed E-state index contributed by atoms with van der Waals surface area (Å²) in [6.45, 7) is 5.01. The van der Waals surface area contributed by atoms with E-state index in [1.165, 1.54) is 6.26 Å². The second kappa shape index (κ2) is 2.98. The first-order valence-corrected chi connectivity index (χ1v) is 6.07. The number of nitrogens with zero attached hydrogens (tertiary/aromatic N) is 1. The summed E-state index contributed by atoms with van der Waals surface area (Å²) >= 11 is 0. The van der Waals surface area contributed by atoms with Crippen molar-refractivity contribution in [3.63, 3.8) is 0 Å². The van der Waals surface area contributed by atoms with Gasteiger partial charge in [0.2, 0.25) is 0 Å². The molecule has 0 spiro atoms. The van der Waals surface area contributed by atoms with E-state index in [9.17, 15) is 8.42 Å². The van der Waals surface area contributed by atoms with Crippen LogP contribution in [0.3, 0.4) is 0 Å². The highest BCUT2D eigenvalue weighted by molar-refractivity contribution is 7.91. The molecule has 1 rings (SSSR count). The van der Waals surface area contributed by atoms with Crippen molar-refractivity contribution in [2.75, 3.05) is 12.0 Å². The van der Waals surface area contributed by atoms with Crippen molar-refractivity contribution in [3.8, 4) is 0 Å². The van der Waals surface area contributed by atoms with Crippen molar-refractivity contribution in [3.05, 3.63) is 11.3 Å². The Kier molecular flexibility index (Phi) is 2.35. The molecule has 0 amide bonds. The molecule has 14 heavy (non-hydrogen) atoms. The van der Waals surface area contributed by atoms with Gasteiger partial charge in [-0.25, -0.2) is 8.42 Å². The molecule has 0 aliphatic rings. The van der Waals surface area contributed by atoms with Crippen LogP contribution in [-0.4, -0.2) is 24.9 Å². The first-order valence-electron chi connectivity index (χ1n) is 4.18. The molecular weight excluding hydrogens is 202 g/mol. The molecule has 0 fully saturated rings. The highest BCUT2D eigenvalue weighted by Gasteiger charge is 2.35.